The van der Waals surface area contributed by atoms with Crippen molar-refractivity contribution in [3.8, 4) is 5.75 Å². The molecule has 0 spiro atoms. The van der Waals surface area contributed by atoms with Gasteiger partial charge in [-0.3, -0.25) is 4.79 Å². The number of rotatable bonds is 2. The number of benzene rings is 1. The zero-order valence-electron chi connectivity index (χ0n) is 10.7. The van der Waals surface area contributed by atoms with Gasteiger partial charge in [0.2, 0.25) is 5.91 Å². The van der Waals surface area contributed by atoms with Crippen molar-refractivity contribution < 1.29 is 14.3 Å². The third-order valence-corrected chi connectivity index (χ3v) is 5.18. The van der Waals surface area contributed by atoms with Crippen molar-refractivity contribution in [2.45, 2.75) is 30.7 Å². The summed E-state index contributed by atoms with van der Waals surface area (Å²) in [4.78, 5) is 25.6. The van der Waals surface area contributed by atoms with Gasteiger partial charge in [-0.2, -0.15) is 0 Å². The number of nitrogens with zero attached hydrogens (tertiary/aromatic N) is 1. The van der Waals surface area contributed by atoms with Crippen molar-refractivity contribution in [2.75, 3.05) is 5.75 Å². The number of carbonyl (C=O) groups excluding carboxylic acids is 2. The number of esters is 1. The van der Waals surface area contributed by atoms with Gasteiger partial charge in [0, 0.05) is 12.2 Å². The van der Waals surface area contributed by atoms with Crippen LogP contribution in [0.25, 0.3) is 0 Å². The summed E-state index contributed by atoms with van der Waals surface area (Å²) in [5.41, 5.74) is 0. The Morgan fingerprint density at radius 3 is 2.89 bits per heavy atom. The lowest BCUT2D eigenvalue weighted by Crippen LogP contribution is -2.47. The molecular formula is C14H15NO3S. The Morgan fingerprint density at radius 1 is 1.42 bits per heavy atom. The number of ether oxygens (including phenoxy) is 1. The van der Waals surface area contributed by atoms with Crippen LogP contribution in [0.4, 0.5) is 0 Å². The summed E-state index contributed by atoms with van der Waals surface area (Å²) in [6.07, 6.45) is 1.34. The third kappa shape index (κ3) is 2.12. The summed E-state index contributed by atoms with van der Waals surface area (Å²) in [7, 11) is 0. The first-order valence-electron chi connectivity index (χ1n) is 6.33. The number of fused-ring (bicyclic) bond motifs is 1. The van der Waals surface area contributed by atoms with Gasteiger partial charge in [0.1, 0.15) is 11.8 Å². The molecule has 2 saturated heterocycles. The number of para-hydroxylation sites is 1. The summed E-state index contributed by atoms with van der Waals surface area (Å²) in [5, 5.41) is 0. The first-order chi connectivity index (χ1) is 9.10. The van der Waals surface area contributed by atoms with Crippen LogP contribution in [0, 0.1) is 0 Å². The molecule has 2 heterocycles. The minimum absolute atomic E-state index is 0.0579. The lowest BCUT2D eigenvalue weighted by molar-refractivity contribution is -0.146. The van der Waals surface area contributed by atoms with Crippen molar-refractivity contribution in [1.82, 2.24) is 4.90 Å². The molecule has 3 rings (SSSR count). The minimum Gasteiger partial charge on any atom is -0.425 e. The van der Waals surface area contributed by atoms with Crippen LogP contribution in [0.1, 0.15) is 19.8 Å². The third-order valence-electron chi connectivity index (χ3n) is 3.68. The second kappa shape index (κ2) is 4.56. The first kappa shape index (κ1) is 12.5. The predicted octanol–water partition coefficient (Wildman–Crippen LogP) is 2.05. The van der Waals surface area contributed by atoms with E-state index >= 15 is 0 Å². The molecule has 2 aliphatic heterocycles. The molecule has 5 heteroatoms. The highest BCUT2D eigenvalue weighted by Gasteiger charge is 2.53. The van der Waals surface area contributed by atoms with E-state index in [9.17, 15) is 9.59 Å². The molecule has 0 aliphatic carbocycles. The molecule has 0 radical (unpaired) electrons. The summed E-state index contributed by atoms with van der Waals surface area (Å²) >= 11 is 1.67. The maximum absolute atomic E-state index is 12.2. The largest absolute Gasteiger partial charge is 0.425 e. The minimum atomic E-state index is -0.454. The van der Waals surface area contributed by atoms with Crippen molar-refractivity contribution in [2.24, 2.45) is 0 Å². The van der Waals surface area contributed by atoms with Crippen molar-refractivity contribution >= 4 is 23.6 Å². The molecule has 0 unspecified atom stereocenters. The summed E-state index contributed by atoms with van der Waals surface area (Å²) in [6, 6.07) is 8.53. The monoisotopic (exact) mass is 277 g/mol. The van der Waals surface area contributed by atoms with Crippen LogP contribution in [0.3, 0.4) is 0 Å². The van der Waals surface area contributed by atoms with Gasteiger partial charge in [-0.15, -0.1) is 11.8 Å². The lowest BCUT2D eigenvalue weighted by atomic mass is 10.2. The molecule has 2 aliphatic rings. The van der Waals surface area contributed by atoms with E-state index in [-0.39, 0.29) is 16.7 Å². The highest BCUT2D eigenvalue weighted by molar-refractivity contribution is 8.01. The van der Waals surface area contributed by atoms with Gasteiger partial charge in [0.05, 0.1) is 4.87 Å². The molecule has 2 atom stereocenters. The fourth-order valence-electron chi connectivity index (χ4n) is 2.67. The van der Waals surface area contributed by atoms with Crippen LogP contribution < -0.4 is 4.74 Å². The van der Waals surface area contributed by atoms with Gasteiger partial charge in [-0.05, 0) is 25.5 Å². The Balaban J connectivity index is 1.76. The van der Waals surface area contributed by atoms with Gasteiger partial charge in [0.25, 0.3) is 0 Å². The molecule has 2 fully saturated rings. The van der Waals surface area contributed by atoms with Crippen molar-refractivity contribution in [3.63, 3.8) is 0 Å². The number of hydrogen-bond donors (Lipinski definition) is 0. The quantitative estimate of drug-likeness (QED) is 0.613. The molecule has 0 aromatic heterocycles. The van der Waals surface area contributed by atoms with E-state index in [1.54, 1.807) is 28.8 Å². The van der Waals surface area contributed by atoms with E-state index in [0.717, 1.165) is 6.42 Å². The van der Waals surface area contributed by atoms with E-state index in [4.69, 9.17) is 4.74 Å². The number of hydrogen-bond acceptors (Lipinski definition) is 4. The van der Waals surface area contributed by atoms with Crippen LogP contribution in [-0.4, -0.2) is 33.4 Å². The second-order valence-electron chi connectivity index (χ2n) is 5.00. The highest BCUT2D eigenvalue weighted by atomic mass is 32.2. The summed E-state index contributed by atoms with van der Waals surface area (Å²) in [6.45, 7) is 2.03. The Kier molecular flexibility index (Phi) is 3.01. The Hall–Kier alpha value is -1.49. The molecule has 0 N–H and O–H groups in total. The zero-order valence-corrected chi connectivity index (χ0v) is 11.5. The van der Waals surface area contributed by atoms with Crippen LogP contribution in [-0.2, 0) is 9.59 Å². The predicted molar refractivity (Wildman–Crippen MR) is 72.8 cm³/mol. The first-order valence-corrected chi connectivity index (χ1v) is 7.32. The molecule has 4 nitrogen and oxygen atoms in total. The van der Waals surface area contributed by atoms with Gasteiger partial charge < -0.3 is 9.64 Å². The molecule has 1 amide bonds. The van der Waals surface area contributed by atoms with Crippen LogP contribution in [0.15, 0.2) is 30.3 Å². The van der Waals surface area contributed by atoms with E-state index in [1.807, 2.05) is 25.1 Å². The van der Waals surface area contributed by atoms with E-state index < -0.39 is 6.04 Å². The van der Waals surface area contributed by atoms with Gasteiger partial charge in [0.15, 0.2) is 0 Å². The topological polar surface area (TPSA) is 46.6 Å². The molecule has 1 aromatic carbocycles. The molecule has 1 aromatic rings. The zero-order chi connectivity index (χ0) is 13.5. The molecule has 0 bridgehead atoms. The van der Waals surface area contributed by atoms with Gasteiger partial charge >= 0.3 is 5.97 Å². The van der Waals surface area contributed by atoms with Gasteiger partial charge in [-0.25, -0.2) is 4.79 Å². The average Bonchev–Trinajstić information content (AvgIpc) is 2.88. The van der Waals surface area contributed by atoms with E-state index in [1.165, 1.54) is 0 Å². The molecule has 19 heavy (non-hydrogen) atoms. The van der Waals surface area contributed by atoms with E-state index in [2.05, 4.69) is 0 Å². The fourth-order valence-corrected chi connectivity index (χ4v) is 4.08. The maximum Gasteiger partial charge on any atom is 0.335 e. The number of thioether (sulfide) groups is 1. The SMILES string of the molecule is C[C@]12CCC(=O)N1[C@@H](C(=O)Oc1ccccc1)CS2. The number of carbonyl (C=O) groups is 2. The van der Waals surface area contributed by atoms with Crippen LogP contribution in [0.2, 0.25) is 0 Å². The summed E-state index contributed by atoms with van der Waals surface area (Å²) in [5.74, 6) is 0.867. The fraction of sp³-hybridized carbons (Fsp3) is 0.429. The molecular weight excluding hydrogens is 262 g/mol. The summed E-state index contributed by atoms with van der Waals surface area (Å²) < 4.78 is 5.35. The maximum atomic E-state index is 12.2. The standard InChI is InChI=1S/C14H15NO3S/c1-14-8-7-12(16)15(14)11(9-19-14)13(17)18-10-5-3-2-4-6-10/h2-6,11H,7-9H2,1H3/t11-,14+/m1/s1. The molecule has 0 saturated carbocycles. The average molecular weight is 277 g/mol. The molecule has 100 valence electrons. The second-order valence-corrected chi connectivity index (χ2v) is 6.50. The van der Waals surface area contributed by atoms with Crippen LogP contribution in [0.5, 0.6) is 5.75 Å². The Morgan fingerprint density at radius 2 is 2.16 bits per heavy atom. The smallest absolute Gasteiger partial charge is 0.335 e. The van der Waals surface area contributed by atoms with Crippen molar-refractivity contribution in [1.29, 1.82) is 0 Å². The van der Waals surface area contributed by atoms with Crippen molar-refractivity contribution in [3.05, 3.63) is 30.3 Å². The normalized spacial score (nSPS) is 29.4. The van der Waals surface area contributed by atoms with Crippen LogP contribution >= 0.6 is 11.8 Å². The van der Waals surface area contributed by atoms with Gasteiger partial charge in [-0.1, -0.05) is 18.2 Å². The Labute approximate surface area is 116 Å². The number of amides is 1. The highest BCUT2D eigenvalue weighted by Crippen LogP contribution is 2.47. The van der Waals surface area contributed by atoms with E-state index in [0.29, 0.717) is 17.9 Å². The Bertz CT molecular complexity index is 519. The lowest BCUT2D eigenvalue weighted by Gasteiger charge is -2.29.